The molecular formula is C18H19NO4S. The molecule has 24 heavy (non-hydrogen) atoms. The summed E-state index contributed by atoms with van der Waals surface area (Å²) in [6.07, 6.45) is 1.71. The van der Waals surface area contributed by atoms with E-state index in [1.807, 2.05) is 18.2 Å². The van der Waals surface area contributed by atoms with Crippen LogP contribution < -0.4 is 9.47 Å². The number of rotatable bonds is 3. The number of sulfonamides is 1. The van der Waals surface area contributed by atoms with Crippen molar-refractivity contribution in [1.82, 2.24) is 4.31 Å². The van der Waals surface area contributed by atoms with Gasteiger partial charge in [0.1, 0.15) is 13.2 Å². The van der Waals surface area contributed by atoms with Crippen molar-refractivity contribution in [2.45, 2.75) is 23.8 Å². The number of hydrogen-bond acceptors (Lipinski definition) is 4. The summed E-state index contributed by atoms with van der Waals surface area (Å²) in [7, 11) is -1.95. The molecule has 0 amide bonds. The van der Waals surface area contributed by atoms with Crippen molar-refractivity contribution in [3.05, 3.63) is 53.6 Å². The molecule has 0 N–H and O–H groups in total. The Morgan fingerprint density at radius 3 is 2.62 bits per heavy atom. The van der Waals surface area contributed by atoms with E-state index in [0.29, 0.717) is 24.7 Å². The smallest absolute Gasteiger partial charge is 0.243 e. The Kier molecular flexibility index (Phi) is 3.73. The van der Waals surface area contributed by atoms with Crippen LogP contribution in [0.1, 0.15) is 23.6 Å². The van der Waals surface area contributed by atoms with E-state index >= 15 is 0 Å². The van der Waals surface area contributed by atoms with Gasteiger partial charge >= 0.3 is 0 Å². The van der Waals surface area contributed by atoms with Gasteiger partial charge in [-0.1, -0.05) is 24.3 Å². The zero-order chi connectivity index (χ0) is 16.7. The van der Waals surface area contributed by atoms with Gasteiger partial charge in [-0.3, -0.25) is 0 Å². The second-order valence-corrected chi connectivity index (χ2v) is 8.08. The minimum Gasteiger partial charge on any atom is -0.486 e. The zero-order valence-corrected chi connectivity index (χ0v) is 14.3. The van der Waals surface area contributed by atoms with Gasteiger partial charge in [-0.15, -0.1) is 0 Å². The molecular weight excluding hydrogens is 326 g/mol. The summed E-state index contributed by atoms with van der Waals surface area (Å²) >= 11 is 0. The van der Waals surface area contributed by atoms with Gasteiger partial charge in [0.15, 0.2) is 11.5 Å². The summed E-state index contributed by atoms with van der Waals surface area (Å²) in [6.45, 7) is 0.917. The number of benzene rings is 2. The van der Waals surface area contributed by atoms with Crippen molar-refractivity contribution in [3.63, 3.8) is 0 Å². The highest BCUT2D eigenvalue weighted by atomic mass is 32.2. The van der Waals surface area contributed by atoms with E-state index in [9.17, 15) is 8.42 Å². The molecule has 1 unspecified atom stereocenters. The lowest BCUT2D eigenvalue weighted by molar-refractivity contribution is 0.171. The highest BCUT2D eigenvalue weighted by molar-refractivity contribution is 7.89. The molecule has 0 spiro atoms. The Hall–Kier alpha value is -2.05. The first-order valence-corrected chi connectivity index (χ1v) is 9.47. The highest BCUT2D eigenvalue weighted by Gasteiger charge is 2.33. The van der Waals surface area contributed by atoms with Crippen LogP contribution >= 0.6 is 0 Å². The van der Waals surface area contributed by atoms with Crippen LogP contribution in [0.4, 0.5) is 0 Å². The molecule has 5 nitrogen and oxygen atoms in total. The second-order valence-electron chi connectivity index (χ2n) is 6.08. The Balaban J connectivity index is 1.68. The molecule has 2 aliphatic rings. The van der Waals surface area contributed by atoms with E-state index in [0.717, 1.165) is 18.4 Å². The van der Waals surface area contributed by atoms with Gasteiger partial charge in [0.25, 0.3) is 0 Å². The van der Waals surface area contributed by atoms with E-state index < -0.39 is 10.0 Å². The molecule has 0 saturated heterocycles. The normalized spacial score (nSPS) is 19.3. The average molecular weight is 345 g/mol. The van der Waals surface area contributed by atoms with E-state index in [4.69, 9.17) is 9.47 Å². The average Bonchev–Trinajstić information content (AvgIpc) is 3.04. The van der Waals surface area contributed by atoms with Gasteiger partial charge < -0.3 is 9.47 Å². The topological polar surface area (TPSA) is 55.8 Å². The summed E-state index contributed by atoms with van der Waals surface area (Å²) in [5, 5.41) is 0. The minimum atomic E-state index is -3.60. The van der Waals surface area contributed by atoms with Gasteiger partial charge in [0.05, 0.1) is 10.9 Å². The third kappa shape index (κ3) is 2.46. The number of fused-ring (bicyclic) bond motifs is 2. The van der Waals surface area contributed by atoms with E-state index in [1.165, 1.54) is 9.87 Å². The fourth-order valence-corrected chi connectivity index (χ4v) is 4.81. The van der Waals surface area contributed by atoms with Crippen LogP contribution in [0.15, 0.2) is 47.4 Å². The number of hydrogen-bond donors (Lipinski definition) is 0. The monoisotopic (exact) mass is 345 g/mol. The molecule has 126 valence electrons. The fourth-order valence-electron chi connectivity index (χ4n) is 3.43. The number of nitrogens with zero attached hydrogens (tertiary/aromatic N) is 1. The van der Waals surface area contributed by atoms with Crippen LogP contribution in [0.5, 0.6) is 11.5 Å². The van der Waals surface area contributed by atoms with E-state index in [1.54, 1.807) is 25.2 Å². The lowest BCUT2D eigenvalue weighted by Gasteiger charge is -2.26. The Labute approximate surface area is 141 Å². The molecule has 4 rings (SSSR count). The maximum atomic E-state index is 13.0. The van der Waals surface area contributed by atoms with E-state index in [2.05, 4.69) is 6.07 Å². The summed E-state index contributed by atoms with van der Waals surface area (Å²) in [5.41, 5.74) is 2.33. The maximum Gasteiger partial charge on any atom is 0.243 e. The van der Waals surface area contributed by atoms with Crippen molar-refractivity contribution in [2.75, 3.05) is 20.3 Å². The van der Waals surface area contributed by atoms with Crippen LogP contribution in [0.3, 0.4) is 0 Å². The van der Waals surface area contributed by atoms with Gasteiger partial charge in [0.2, 0.25) is 10.0 Å². The largest absolute Gasteiger partial charge is 0.486 e. The van der Waals surface area contributed by atoms with Crippen LogP contribution in [0, 0.1) is 0 Å². The first kappa shape index (κ1) is 15.5. The van der Waals surface area contributed by atoms with Crippen LogP contribution in [0.2, 0.25) is 0 Å². The van der Waals surface area contributed by atoms with E-state index in [-0.39, 0.29) is 10.9 Å². The van der Waals surface area contributed by atoms with Gasteiger partial charge in [-0.25, -0.2) is 8.42 Å². The summed E-state index contributed by atoms with van der Waals surface area (Å²) in [6, 6.07) is 12.7. The molecule has 0 fully saturated rings. The highest BCUT2D eigenvalue weighted by Crippen LogP contribution is 2.39. The van der Waals surface area contributed by atoms with Crippen LogP contribution in [0.25, 0.3) is 0 Å². The van der Waals surface area contributed by atoms with Crippen molar-refractivity contribution < 1.29 is 17.9 Å². The summed E-state index contributed by atoms with van der Waals surface area (Å²) < 4.78 is 38.5. The lowest BCUT2D eigenvalue weighted by Crippen LogP contribution is -2.30. The Morgan fingerprint density at radius 2 is 1.79 bits per heavy atom. The molecule has 0 radical (unpaired) electrons. The number of ether oxygens (including phenoxy) is 2. The molecule has 6 heteroatoms. The molecule has 2 aromatic carbocycles. The maximum absolute atomic E-state index is 13.0. The van der Waals surface area contributed by atoms with Gasteiger partial charge in [-0.2, -0.15) is 4.31 Å². The quantitative estimate of drug-likeness (QED) is 0.858. The standard InChI is InChI=1S/C18H19NO4S/c1-19(16-8-6-13-4-2-3-5-15(13)16)24(20,21)14-7-9-17-18(12-14)23-11-10-22-17/h2-5,7,9,12,16H,6,8,10-11H2,1H3. The molecule has 1 aliphatic carbocycles. The molecule has 1 atom stereocenters. The third-order valence-electron chi connectivity index (χ3n) is 4.73. The van der Waals surface area contributed by atoms with Gasteiger partial charge in [-0.05, 0) is 36.1 Å². The van der Waals surface area contributed by atoms with Gasteiger partial charge in [0, 0.05) is 13.1 Å². The van der Waals surface area contributed by atoms with Crippen molar-refractivity contribution >= 4 is 10.0 Å². The zero-order valence-electron chi connectivity index (χ0n) is 13.4. The SMILES string of the molecule is CN(C1CCc2ccccc21)S(=O)(=O)c1ccc2c(c1)OCCO2. The molecule has 2 aromatic rings. The predicted octanol–water partition coefficient (Wildman–Crippen LogP) is 2.77. The minimum absolute atomic E-state index is 0.126. The summed E-state index contributed by atoms with van der Waals surface area (Å²) in [4.78, 5) is 0.235. The lowest BCUT2D eigenvalue weighted by atomic mass is 10.1. The molecule has 1 heterocycles. The van der Waals surface area contributed by atoms with Crippen molar-refractivity contribution in [1.29, 1.82) is 0 Å². The predicted molar refractivity (Wildman–Crippen MR) is 89.9 cm³/mol. The first-order valence-electron chi connectivity index (χ1n) is 8.03. The van der Waals surface area contributed by atoms with Crippen LogP contribution in [-0.4, -0.2) is 33.0 Å². The molecule has 1 aliphatic heterocycles. The second kappa shape index (κ2) is 5.79. The number of aryl methyl sites for hydroxylation is 1. The molecule has 0 saturated carbocycles. The molecule has 0 bridgehead atoms. The molecule has 0 aromatic heterocycles. The fraction of sp³-hybridized carbons (Fsp3) is 0.333. The third-order valence-corrected chi connectivity index (χ3v) is 6.59. The Morgan fingerprint density at radius 1 is 1.04 bits per heavy atom. The first-order chi connectivity index (χ1) is 11.6. The van der Waals surface area contributed by atoms with Crippen molar-refractivity contribution in [3.8, 4) is 11.5 Å². The van der Waals surface area contributed by atoms with Crippen LogP contribution in [-0.2, 0) is 16.4 Å². The Bertz CT molecular complexity index is 878. The summed E-state index contributed by atoms with van der Waals surface area (Å²) in [5.74, 6) is 1.08. The van der Waals surface area contributed by atoms with Crippen molar-refractivity contribution in [2.24, 2.45) is 0 Å².